The summed E-state index contributed by atoms with van der Waals surface area (Å²) < 4.78 is 14.7. The summed E-state index contributed by atoms with van der Waals surface area (Å²) in [6.45, 7) is 3.94. The number of nitrogens with zero attached hydrogens (tertiary/aromatic N) is 1. The summed E-state index contributed by atoms with van der Waals surface area (Å²) in [7, 11) is 1.54. The van der Waals surface area contributed by atoms with Crippen LogP contribution in [0.5, 0.6) is 0 Å². The predicted molar refractivity (Wildman–Crippen MR) is 73.3 cm³/mol. The van der Waals surface area contributed by atoms with Crippen molar-refractivity contribution in [3.05, 3.63) is 0 Å². The van der Waals surface area contributed by atoms with E-state index in [0.717, 1.165) is 19.6 Å². The lowest BCUT2D eigenvalue weighted by molar-refractivity contribution is -0.151. The molecule has 20 heavy (non-hydrogen) atoms. The van der Waals surface area contributed by atoms with Gasteiger partial charge in [-0.05, 0) is 25.9 Å². The lowest BCUT2D eigenvalue weighted by atomic mass is 10.1. The first kappa shape index (κ1) is 16.9. The molecular weight excluding hydrogens is 262 g/mol. The summed E-state index contributed by atoms with van der Waals surface area (Å²) in [6.07, 6.45) is 3.88. The third kappa shape index (κ3) is 8.12. The standard InChI is InChI=1S/C14H25NO5/c1-18-11-12-20-14(17)6-5-13(16)19-10-9-15-7-3-2-4-8-15/h2-12H2,1H3. The van der Waals surface area contributed by atoms with Gasteiger partial charge in [0.15, 0.2) is 0 Å². The van der Waals surface area contributed by atoms with Crippen LogP contribution < -0.4 is 0 Å². The van der Waals surface area contributed by atoms with E-state index in [-0.39, 0.29) is 25.4 Å². The van der Waals surface area contributed by atoms with Crippen molar-refractivity contribution >= 4 is 11.9 Å². The fraction of sp³-hybridized carbons (Fsp3) is 0.857. The van der Waals surface area contributed by atoms with Gasteiger partial charge >= 0.3 is 11.9 Å². The number of likely N-dealkylation sites (tertiary alicyclic amines) is 1. The molecule has 0 aromatic carbocycles. The molecule has 0 N–H and O–H groups in total. The van der Waals surface area contributed by atoms with E-state index in [0.29, 0.717) is 13.2 Å². The second-order valence-electron chi connectivity index (χ2n) is 4.84. The number of hydrogen-bond donors (Lipinski definition) is 0. The van der Waals surface area contributed by atoms with Gasteiger partial charge in [0.1, 0.15) is 13.2 Å². The molecule has 1 aliphatic heterocycles. The molecule has 0 unspecified atom stereocenters. The Kier molecular flexibility index (Phi) is 8.98. The van der Waals surface area contributed by atoms with Crippen LogP contribution in [0.2, 0.25) is 0 Å². The fourth-order valence-corrected chi connectivity index (χ4v) is 2.06. The van der Waals surface area contributed by atoms with Gasteiger partial charge in [-0.3, -0.25) is 14.5 Å². The molecule has 0 aromatic heterocycles. The maximum absolute atomic E-state index is 11.4. The molecular formula is C14H25NO5. The minimum Gasteiger partial charge on any atom is -0.464 e. The Hall–Kier alpha value is -1.14. The number of hydrogen-bond acceptors (Lipinski definition) is 6. The minimum absolute atomic E-state index is 0.0618. The van der Waals surface area contributed by atoms with Gasteiger partial charge in [0.05, 0.1) is 19.4 Å². The van der Waals surface area contributed by atoms with E-state index in [1.807, 2.05) is 0 Å². The van der Waals surface area contributed by atoms with Gasteiger partial charge in [-0.15, -0.1) is 0 Å². The summed E-state index contributed by atoms with van der Waals surface area (Å²) in [6, 6.07) is 0. The van der Waals surface area contributed by atoms with E-state index < -0.39 is 5.97 Å². The molecule has 0 aliphatic carbocycles. The average molecular weight is 287 g/mol. The van der Waals surface area contributed by atoms with Gasteiger partial charge in [-0.25, -0.2) is 0 Å². The normalized spacial score (nSPS) is 15.8. The molecule has 6 nitrogen and oxygen atoms in total. The van der Waals surface area contributed by atoms with Crippen molar-refractivity contribution in [1.82, 2.24) is 4.90 Å². The summed E-state index contributed by atoms with van der Waals surface area (Å²) in [5.74, 6) is -0.735. The van der Waals surface area contributed by atoms with Crippen molar-refractivity contribution in [2.24, 2.45) is 0 Å². The zero-order chi connectivity index (χ0) is 14.6. The van der Waals surface area contributed by atoms with E-state index in [1.54, 1.807) is 0 Å². The van der Waals surface area contributed by atoms with E-state index >= 15 is 0 Å². The van der Waals surface area contributed by atoms with Crippen LogP contribution in [0, 0.1) is 0 Å². The average Bonchev–Trinajstić information content (AvgIpc) is 2.46. The molecule has 1 saturated heterocycles. The number of carbonyl (C=O) groups is 2. The molecule has 0 radical (unpaired) electrons. The number of methoxy groups -OCH3 is 1. The Morgan fingerprint density at radius 1 is 0.900 bits per heavy atom. The first-order valence-corrected chi connectivity index (χ1v) is 7.25. The van der Waals surface area contributed by atoms with Crippen molar-refractivity contribution in [1.29, 1.82) is 0 Å². The fourth-order valence-electron chi connectivity index (χ4n) is 2.06. The molecule has 6 heteroatoms. The SMILES string of the molecule is COCCOC(=O)CCC(=O)OCCN1CCCCC1. The summed E-state index contributed by atoms with van der Waals surface area (Å²) >= 11 is 0. The summed E-state index contributed by atoms with van der Waals surface area (Å²) in [5, 5.41) is 0. The highest BCUT2D eigenvalue weighted by molar-refractivity contribution is 5.77. The Balaban J connectivity index is 1.98. The molecule has 1 rings (SSSR count). The number of rotatable bonds is 9. The van der Waals surface area contributed by atoms with Crippen molar-refractivity contribution in [2.45, 2.75) is 32.1 Å². The Labute approximate surface area is 120 Å². The quantitative estimate of drug-likeness (QED) is 0.465. The maximum Gasteiger partial charge on any atom is 0.306 e. The summed E-state index contributed by atoms with van der Waals surface area (Å²) in [5.41, 5.74) is 0. The molecule has 0 saturated carbocycles. The molecule has 1 heterocycles. The van der Waals surface area contributed by atoms with Gasteiger partial charge in [0.2, 0.25) is 0 Å². The Morgan fingerprint density at radius 3 is 2.10 bits per heavy atom. The number of ether oxygens (including phenoxy) is 3. The van der Waals surface area contributed by atoms with Crippen molar-refractivity contribution in [2.75, 3.05) is 46.6 Å². The first-order valence-electron chi connectivity index (χ1n) is 7.25. The van der Waals surface area contributed by atoms with Crippen LogP contribution in [0.1, 0.15) is 32.1 Å². The molecule has 0 atom stereocenters. The summed E-state index contributed by atoms with van der Waals surface area (Å²) in [4.78, 5) is 25.0. The smallest absolute Gasteiger partial charge is 0.306 e. The molecule has 1 aliphatic rings. The monoisotopic (exact) mass is 287 g/mol. The number of piperidine rings is 1. The number of carbonyl (C=O) groups excluding carboxylic acids is 2. The molecule has 0 aromatic rings. The maximum atomic E-state index is 11.4. The lowest BCUT2D eigenvalue weighted by Crippen LogP contribution is -2.33. The highest BCUT2D eigenvalue weighted by Crippen LogP contribution is 2.07. The second-order valence-corrected chi connectivity index (χ2v) is 4.84. The van der Waals surface area contributed by atoms with Gasteiger partial charge in [-0.1, -0.05) is 6.42 Å². The van der Waals surface area contributed by atoms with E-state index in [4.69, 9.17) is 14.2 Å². The Morgan fingerprint density at radius 2 is 1.50 bits per heavy atom. The van der Waals surface area contributed by atoms with Crippen LogP contribution in [0.25, 0.3) is 0 Å². The van der Waals surface area contributed by atoms with Gasteiger partial charge < -0.3 is 14.2 Å². The third-order valence-electron chi connectivity index (χ3n) is 3.20. The van der Waals surface area contributed by atoms with Gasteiger partial charge in [0, 0.05) is 13.7 Å². The minimum atomic E-state index is -0.393. The van der Waals surface area contributed by atoms with E-state index in [9.17, 15) is 9.59 Å². The van der Waals surface area contributed by atoms with Crippen molar-refractivity contribution in [3.8, 4) is 0 Å². The van der Waals surface area contributed by atoms with Crippen LogP contribution in [0.4, 0.5) is 0 Å². The highest BCUT2D eigenvalue weighted by Gasteiger charge is 2.12. The lowest BCUT2D eigenvalue weighted by Gasteiger charge is -2.25. The molecule has 1 fully saturated rings. The van der Waals surface area contributed by atoms with Crippen LogP contribution in [0.15, 0.2) is 0 Å². The predicted octanol–water partition coefficient (Wildman–Crippen LogP) is 0.985. The largest absolute Gasteiger partial charge is 0.464 e. The van der Waals surface area contributed by atoms with Crippen LogP contribution in [0.3, 0.4) is 0 Å². The van der Waals surface area contributed by atoms with E-state index in [1.165, 1.54) is 26.4 Å². The van der Waals surface area contributed by atoms with Crippen molar-refractivity contribution in [3.63, 3.8) is 0 Å². The third-order valence-corrected chi connectivity index (χ3v) is 3.20. The second kappa shape index (κ2) is 10.6. The van der Waals surface area contributed by atoms with Crippen molar-refractivity contribution < 1.29 is 23.8 Å². The van der Waals surface area contributed by atoms with Crippen LogP contribution in [-0.2, 0) is 23.8 Å². The van der Waals surface area contributed by atoms with E-state index in [2.05, 4.69) is 4.90 Å². The first-order chi connectivity index (χ1) is 9.72. The zero-order valence-corrected chi connectivity index (χ0v) is 12.3. The zero-order valence-electron chi connectivity index (χ0n) is 12.3. The van der Waals surface area contributed by atoms with Gasteiger partial charge in [0.25, 0.3) is 0 Å². The highest BCUT2D eigenvalue weighted by atomic mass is 16.6. The molecule has 0 spiro atoms. The van der Waals surface area contributed by atoms with Crippen LogP contribution >= 0.6 is 0 Å². The number of esters is 2. The molecule has 0 amide bonds. The Bertz CT molecular complexity index is 289. The topological polar surface area (TPSA) is 65.1 Å². The van der Waals surface area contributed by atoms with Gasteiger partial charge in [-0.2, -0.15) is 0 Å². The molecule has 0 bridgehead atoms. The molecule has 116 valence electrons. The van der Waals surface area contributed by atoms with Crippen LogP contribution in [-0.4, -0.2) is 63.4 Å².